The number of morpholine rings is 1. The highest BCUT2D eigenvalue weighted by Gasteiger charge is 2.30. The van der Waals surface area contributed by atoms with Crippen LogP contribution < -0.4 is 5.32 Å². The lowest BCUT2D eigenvalue weighted by Crippen LogP contribution is -2.47. The number of hydrogen-bond acceptors (Lipinski definition) is 5. The molecule has 0 spiro atoms. The molecule has 0 bridgehead atoms. The van der Waals surface area contributed by atoms with Crippen molar-refractivity contribution in [3.8, 4) is 5.69 Å². The van der Waals surface area contributed by atoms with Gasteiger partial charge in [-0.25, -0.2) is 9.48 Å². The van der Waals surface area contributed by atoms with Crippen LogP contribution in [0.1, 0.15) is 48.1 Å². The first kappa shape index (κ1) is 21.3. The van der Waals surface area contributed by atoms with Crippen molar-refractivity contribution in [2.75, 3.05) is 26.3 Å². The van der Waals surface area contributed by atoms with Gasteiger partial charge in [0.1, 0.15) is 0 Å². The average molecular weight is 427 g/mol. The lowest BCUT2D eigenvalue weighted by atomic mass is 9.97. The smallest absolute Gasteiger partial charge is 0.317 e. The summed E-state index contributed by atoms with van der Waals surface area (Å²) in [6.45, 7) is 10.6. The van der Waals surface area contributed by atoms with E-state index in [9.17, 15) is 9.59 Å². The number of carbonyl (C=O) groups excluding carboxylic acids is 2. The summed E-state index contributed by atoms with van der Waals surface area (Å²) in [5.41, 5.74) is 4.24. The van der Waals surface area contributed by atoms with E-state index < -0.39 is 0 Å². The zero-order valence-electron chi connectivity index (χ0n) is 18.6. The first-order valence-electron chi connectivity index (χ1n) is 10.8. The van der Waals surface area contributed by atoms with Crippen LogP contribution in [0.15, 0.2) is 18.2 Å². The maximum Gasteiger partial charge on any atom is 0.317 e. The molecular weight excluding hydrogens is 396 g/mol. The van der Waals surface area contributed by atoms with Gasteiger partial charge >= 0.3 is 6.03 Å². The van der Waals surface area contributed by atoms with Crippen molar-refractivity contribution in [1.82, 2.24) is 30.1 Å². The average Bonchev–Trinajstić information content (AvgIpc) is 3.13. The highest BCUT2D eigenvalue weighted by Crippen LogP contribution is 2.26. The second-order valence-electron chi connectivity index (χ2n) is 8.55. The van der Waals surface area contributed by atoms with E-state index in [1.54, 1.807) is 9.58 Å². The number of amides is 3. The molecule has 2 aromatic rings. The molecule has 0 unspecified atom stereocenters. The number of aromatic nitrogens is 3. The SMILES string of the molecule is Cc1c(C(=O)N2CCOC[C@H]2C)nnn1-c1cccc2c1CCN(C(=O)NC(C)C)C2. The van der Waals surface area contributed by atoms with Crippen LogP contribution in [0.25, 0.3) is 5.69 Å². The third-order valence-corrected chi connectivity index (χ3v) is 5.89. The van der Waals surface area contributed by atoms with E-state index >= 15 is 0 Å². The molecule has 2 aliphatic heterocycles. The zero-order chi connectivity index (χ0) is 22.1. The molecule has 9 heteroatoms. The number of hydrogen-bond donors (Lipinski definition) is 1. The number of ether oxygens (including phenoxy) is 1. The molecule has 3 amide bonds. The summed E-state index contributed by atoms with van der Waals surface area (Å²) in [6, 6.07) is 6.07. The minimum atomic E-state index is -0.110. The van der Waals surface area contributed by atoms with Crippen LogP contribution in [0.4, 0.5) is 4.79 Å². The van der Waals surface area contributed by atoms with Crippen LogP contribution >= 0.6 is 0 Å². The maximum absolute atomic E-state index is 13.1. The maximum atomic E-state index is 13.1. The Labute approximate surface area is 182 Å². The summed E-state index contributed by atoms with van der Waals surface area (Å²) in [7, 11) is 0. The fraction of sp³-hybridized carbons (Fsp3) is 0.545. The lowest BCUT2D eigenvalue weighted by Gasteiger charge is -2.32. The molecule has 0 radical (unpaired) electrons. The number of benzene rings is 1. The van der Waals surface area contributed by atoms with Gasteiger partial charge in [-0.1, -0.05) is 17.3 Å². The van der Waals surface area contributed by atoms with Crippen LogP contribution in [0.5, 0.6) is 0 Å². The Balaban J connectivity index is 1.59. The van der Waals surface area contributed by atoms with E-state index in [1.807, 2.05) is 50.8 Å². The van der Waals surface area contributed by atoms with E-state index in [0.717, 1.165) is 28.9 Å². The topological polar surface area (TPSA) is 92.6 Å². The van der Waals surface area contributed by atoms with Gasteiger partial charge in [-0.15, -0.1) is 5.10 Å². The first-order valence-corrected chi connectivity index (χ1v) is 10.8. The van der Waals surface area contributed by atoms with E-state index in [0.29, 0.717) is 38.5 Å². The van der Waals surface area contributed by atoms with Crippen molar-refractivity contribution in [1.29, 1.82) is 0 Å². The standard InChI is InChI=1S/C22H30N6O3/c1-14(2)23-22(30)26-9-8-18-17(12-26)6-5-7-19(18)28-16(4)20(24-25-28)21(29)27-10-11-31-13-15(27)3/h5-7,14-15H,8-13H2,1-4H3,(H,23,30)/t15-/m1/s1. The molecule has 1 atom stereocenters. The highest BCUT2D eigenvalue weighted by atomic mass is 16.5. The fourth-order valence-corrected chi connectivity index (χ4v) is 4.22. The summed E-state index contributed by atoms with van der Waals surface area (Å²) < 4.78 is 7.20. The van der Waals surface area contributed by atoms with Crippen LogP contribution in [-0.4, -0.2) is 75.1 Å². The molecule has 2 aliphatic rings. The van der Waals surface area contributed by atoms with Gasteiger partial charge in [0.2, 0.25) is 0 Å². The molecule has 1 saturated heterocycles. The minimum absolute atomic E-state index is 0.0123. The van der Waals surface area contributed by atoms with Gasteiger partial charge in [0, 0.05) is 25.7 Å². The second kappa shape index (κ2) is 8.66. The number of fused-ring (bicyclic) bond motifs is 1. The minimum Gasteiger partial charge on any atom is -0.377 e. The van der Waals surface area contributed by atoms with Crippen molar-refractivity contribution in [3.05, 3.63) is 40.7 Å². The summed E-state index contributed by atoms with van der Waals surface area (Å²) in [6.07, 6.45) is 0.722. The summed E-state index contributed by atoms with van der Waals surface area (Å²) in [5.74, 6) is -0.110. The number of urea groups is 1. The molecular formula is C22H30N6O3. The summed E-state index contributed by atoms with van der Waals surface area (Å²) in [5, 5.41) is 11.5. The Hall–Kier alpha value is -2.94. The van der Waals surface area contributed by atoms with Crippen molar-refractivity contribution in [3.63, 3.8) is 0 Å². The zero-order valence-corrected chi connectivity index (χ0v) is 18.6. The lowest BCUT2D eigenvalue weighted by molar-refractivity contribution is 0.00322. The number of nitrogens with one attached hydrogen (secondary N) is 1. The van der Waals surface area contributed by atoms with Gasteiger partial charge in [0.25, 0.3) is 5.91 Å². The number of rotatable bonds is 3. The van der Waals surface area contributed by atoms with Gasteiger partial charge in [-0.2, -0.15) is 0 Å². The Morgan fingerprint density at radius 3 is 2.81 bits per heavy atom. The molecule has 9 nitrogen and oxygen atoms in total. The number of carbonyl (C=O) groups is 2. The van der Waals surface area contributed by atoms with Crippen molar-refractivity contribution < 1.29 is 14.3 Å². The first-order chi connectivity index (χ1) is 14.9. The Bertz CT molecular complexity index is 986. The quantitative estimate of drug-likeness (QED) is 0.809. The molecule has 166 valence electrons. The highest BCUT2D eigenvalue weighted by molar-refractivity contribution is 5.93. The predicted molar refractivity (Wildman–Crippen MR) is 115 cm³/mol. The second-order valence-corrected chi connectivity index (χ2v) is 8.55. The molecule has 1 N–H and O–H groups in total. The van der Waals surface area contributed by atoms with Crippen LogP contribution in [0, 0.1) is 6.92 Å². The van der Waals surface area contributed by atoms with Gasteiger partial charge in [0.15, 0.2) is 5.69 Å². The largest absolute Gasteiger partial charge is 0.377 e. The van der Waals surface area contributed by atoms with Crippen LogP contribution in [-0.2, 0) is 17.7 Å². The Morgan fingerprint density at radius 2 is 2.06 bits per heavy atom. The van der Waals surface area contributed by atoms with Crippen LogP contribution in [0.2, 0.25) is 0 Å². The van der Waals surface area contributed by atoms with Crippen molar-refractivity contribution in [2.24, 2.45) is 0 Å². The van der Waals surface area contributed by atoms with Gasteiger partial charge < -0.3 is 19.9 Å². The number of nitrogens with zero attached hydrogens (tertiary/aromatic N) is 5. The van der Waals surface area contributed by atoms with Gasteiger partial charge in [0.05, 0.1) is 30.6 Å². The molecule has 0 aliphatic carbocycles. The van der Waals surface area contributed by atoms with E-state index in [2.05, 4.69) is 15.6 Å². The van der Waals surface area contributed by atoms with E-state index in [-0.39, 0.29) is 24.0 Å². The Morgan fingerprint density at radius 1 is 1.26 bits per heavy atom. The van der Waals surface area contributed by atoms with E-state index in [4.69, 9.17) is 4.74 Å². The monoisotopic (exact) mass is 426 g/mol. The predicted octanol–water partition coefficient (Wildman–Crippen LogP) is 1.91. The van der Waals surface area contributed by atoms with Crippen LogP contribution in [0.3, 0.4) is 0 Å². The molecule has 1 fully saturated rings. The van der Waals surface area contributed by atoms with Gasteiger partial charge in [-0.05, 0) is 51.3 Å². The van der Waals surface area contributed by atoms with E-state index in [1.165, 1.54) is 0 Å². The summed E-state index contributed by atoms with van der Waals surface area (Å²) in [4.78, 5) is 29.1. The molecule has 3 heterocycles. The summed E-state index contributed by atoms with van der Waals surface area (Å²) >= 11 is 0. The molecule has 31 heavy (non-hydrogen) atoms. The molecule has 1 aromatic heterocycles. The normalized spacial score (nSPS) is 18.8. The molecule has 0 saturated carbocycles. The molecule has 1 aromatic carbocycles. The fourth-order valence-electron chi connectivity index (χ4n) is 4.22. The third kappa shape index (κ3) is 4.14. The van der Waals surface area contributed by atoms with Crippen molar-refractivity contribution in [2.45, 2.75) is 52.7 Å². The third-order valence-electron chi connectivity index (χ3n) is 5.89. The molecule has 4 rings (SSSR count). The van der Waals surface area contributed by atoms with Gasteiger partial charge in [-0.3, -0.25) is 4.79 Å². The van der Waals surface area contributed by atoms with Crippen molar-refractivity contribution >= 4 is 11.9 Å². The Kier molecular flexibility index (Phi) is 5.95.